The fourth-order valence-electron chi connectivity index (χ4n) is 0.866. The van der Waals surface area contributed by atoms with Crippen molar-refractivity contribution in [1.82, 2.24) is 9.55 Å². The molecule has 0 radical (unpaired) electrons. The molecule has 0 spiro atoms. The highest BCUT2D eigenvalue weighted by atomic mass is 16.1. The Hall–Kier alpha value is -1.78. The van der Waals surface area contributed by atoms with Gasteiger partial charge >= 0.3 is 0 Å². The fraction of sp³-hybridized carbons (Fsp3) is 0.143. The zero-order valence-corrected chi connectivity index (χ0v) is 6.53. The Morgan fingerprint density at radius 1 is 1.83 bits per heavy atom. The number of anilines is 1. The van der Waals surface area contributed by atoms with Gasteiger partial charge in [-0.15, -0.1) is 6.58 Å². The van der Waals surface area contributed by atoms with Crippen LogP contribution in [0.25, 0.3) is 0 Å². The maximum absolute atomic E-state index is 10.7. The van der Waals surface area contributed by atoms with Crippen molar-refractivity contribution in [3.8, 4) is 0 Å². The van der Waals surface area contributed by atoms with Crippen LogP contribution in [0.3, 0.4) is 0 Å². The molecule has 64 valence electrons. The van der Waals surface area contributed by atoms with Crippen molar-refractivity contribution in [2.45, 2.75) is 6.54 Å². The van der Waals surface area contributed by atoms with Crippen molar-refractivity contribution >= 4 is 11.7 Å². The van der Waals surface area contributed by atoms with E-state index in [0.29, 0.717) is 6.54 Å². The number of nitrogens with zero attached hydrogens (tertiary/aromatic N) is 2. The molecule has 0 saturated carbocycles. The summed E-state index contributed by atoms with van der Waals surface area (Å²) in [4.78, 5) is 14.4. The van der Waals surface area contributed by atoms with Gasteiger partial charge in [0.25, 0.3) is 5.91 Å². The molecule has 0 aliphatic rings. The molecule has 1 aromatic rings. The van der Waals surface area contributed by atoms with Crippen molar-refractivity contribution in [2.24, 2.45) is 5.73 Å². The first-order valence-corrected chi connectivity index (χ1v) is 3.38. The van der Waals surface area contributed by atoms with Crippen LogP contribution in [0.15, 0.2) is 19.0 Å². The number of imidazole rings is 1. The minimum atomic E-state index is -0.615. The molecule has 0 aromatic carbocycles. The van der Waals surface area contributed by atoms with Crippen molar-refractivity contribution in [1.29, 1.82) is 0 Å². The summed E-state index contributed by atoms with van der Waals surface area (Å²) in [5.41, 5.74) is 10.7. The average Bonchev–Trinajstić information content (AvgIpc) is 2.34. The summed E-state index contributed by atoms with van der Waals surface area (Å²) in [6, 6.07) is 0. The summed E-state index contributed by atoms with van der Waals surface area (Å²) in [5, 5.41) is 0. The summed E-state index contributed by atoms with van der Waals surface area (Å²) in [7, 11) is 0. The summed E-state index contributed by atoms with van der Waals surface area (Å²) in [5.74, 6) is -0.335. The minimum Gasteiger partial charge on any atom is -0.383 e. The number of hydrogen-bond acceptors (Lipinski definition) is 3. The van der Waals surface area contributed by atoms with Crippen LogP contribution in [0.2, 0.25) is 0 Å². The van der Waals surface area contributed by atoms with Crippen LogP contribution in [-0.2, 0) is 6.54 Å². The first-order chi connectivity index (χ1) is 5.66. The Morgan fingerprint density at radius 3 is 2.92 bits per heavy atom. The molecule has 0 aliphatic carbocycles. The molecule has 4 N–H and O–H groups in total. The molecule has 0 unspecified atom stereocenters. The van der Waals surface area contributed by atoms with E-state index in [4.69, 9.17) is 11.5 Å². The van der Waals surface area contributed by atoms with Gasteiger partial charge in [0.1, 0.15) is 5.82 Å². The van der Waals surface area contributed by atoms with Gasteiger partial charge in [0.15, 0.2) is 5.69 Å². The average molecular weight is 166 g/mol. The van der Waals surface area contributed by atoms with Gasteiger partial charge in [-0.25, -0.2) is 4.98 Å². The van der Waals surface area contributed by atoms with Crippen LogP contribution in [0, 0.1) is 0 Å². The monoisotopic (exact) mass is 166 g/mol. The Bertz CT molecular complexity index is 315. The SMILES string of the molecule is C=CCn1cnc(C(N)=O)c1N. The Balaban J connectivity index is 3.03. The highest BCUT2D eigenvalue weighted by molar-refractivity contribution is 5.95. The third-order valence-corrected chi connectivity index (χ3v) is 1.44. The number of carbonyl (C=O) groups is 1. The molecule has 12 heavy (non-hydrogen) atoms. The molecule has 0 aliphatic heterocycles. The molecule has 1 heterocycles. The van der Waals surface area contributed by atoms with Crippen molar-refractivity contribution in [3.63, 3.8) is 0 Å². The quantitative estimate of drug-likeness (QED) is 0.607. The lowest BCUT2D eigenvalue weighted by Crippen LogP contribution is -2.14. The number of aromatic nitrogens is 2. The van der Waals surface area contributed by atoms with Gasteiger partial charge in [-0.3, -0.25) is 4.79 Å². The smallest absolute Gasteiger partial charge is 0.271 e. The Labute approximate surface area is 69.7 Å². The molecule has 0 bridgehead atoms. The lowest BCUT2D eigenvalue weighted by Gasteiger charge is -1.99. The number of carbonyl (C=O) groups excluding carboxylic acids is 1. The Kier molecular flexibility index (Phi) is 2.14. The van der Waals surface area contributed by atoms with Gasteiger partial charge < -0.3 is 16.0 Å². The second-order valence-electron chi connectivity index (χ2n) is 2.28. The van der Waals surface area contributed by atoms with Crippen molar-refractivity contribution < 1.29 is 4.79 Å². The molecule has 1 aromatic heterocycles. The molecular weight excluding hydrogens is 156 g/mol. The van der Waals surface area contributed by atoms with Crippen LogP contribution >= 0.6 is 0 Å². The number of rotatable bonds is 3. The van der Waals surface area contributed by atoms with Crippen LogP contribution < -0.4 is 11.5 Å². The molecule has 0 saturated heterocycles. The van der Waals surface area contributed by atoms with Gasteiger partial charge in [-0.2, -0.15) is 0 Å². The van der Waals surface area contributed by atoms with E-state index in [1.54, 1.807) is 10.6 Å². The van der Waals surface area contributed by atoms with Gasteiger partial charge in [-0.1, -0.05) is 6.08 Å². The zero-order valence-electron chi connectivity index (χ0n) is 6.53. The van der Waals surface area contributed by atoms with Crippen molar-refractivity contribution in [3.05, 3.63) is 24.7 Å². The lowest BCUT2D eigenvalue weighted by atomic mass is 10.4. The minimum absolute atomic E-state index is 0.108. The van der Waals surface area contributed by atoms with Gasteiger partial charge in [0, 0.05) is 6.54 Å². The molecule has 1 rings (SSSR count). The number of nitrogens with two attached hydrogens (primary N) is 2. The highest BCUT2D eigenvalue weighted by Crippen LogP contribution is 2.08. The van der Waals surface area contributed by atoms with E-state index in [1.165, 1.54) is 6.33 Å². The predicted octanol–water partition coefficient (Wildman–Crippen LogP) is -0.250. The highest BCUT2D eigenvalue weighted by Gasteiger charge is 2.10. The zero-order chi connectivity index (χ0) is 9.14. The maximum Gasteiger partial charge on any atom is 0.271 e. The van der Waals surface area contributed by atoms with Crippen LogP contribution in [0.4, 0.5) is 5.82 Å². The number of primary amides is 1. The molecule has 0 atom stereocenters. The normalized spacial score (nSPS) is 9.67. The lowest BCUT2D eigenvalue weighted by molar-refractivity contribution is 0.0997. The second kappa shape index (κ2) is 3.08. The number of amides is 1. The van der Waals surface area contributed by atoms with Gasteiger partial charge in [0.2, 0.25) is 0 Å². The summed E-state index contributed by atoms with van der Waals surface area (Å²) >= 11 is 0. The van der Waals surface area contributed by atoms with Crippen LogP contribution in [0.5, 0.6) is 0 Å². The predicted molar refractivity (Wildman–Crippen MR) is 45.4 cm³/mol. The molecular formula is C7H10N4O. The fourth-order valence-corrected chi connectivity index (χ4v) is 0.866. The van der Waals surface area contributed by atoms with E-state index in [1.807, 2.05) is 0 Å². The third-order valence-electron chi connectivity index (χ3n) is 1.44. The molecule has 5 heteroatoms. The topological polar surface area (TPSA) is 86.9 Å². The van der Waals surface area contributed by atoms with E-state index in [2.05, 4.69) is 11.6 Å². The van der Waals surface area contributed by atoms with E-state index in [-0.39, 0.29) is 11.5 Å². The Morgan fingerprint density at radius 2 is 2.50 bits per heavy atom. The maximum atomic E-state index is 10.7. The number of hydrogen-bond donors (Lipinski definition) is 2. The van der Waals surface area contributed by atoms with E-state index >= 15 is 0 Å². The summed E-state index contributed by atoms with van der Waals surface area (Å²) < 4.78 is 1.59. The van der Waals surface area contributed by atoms with Crippen LogP contribution in [0.1, 0.15) is 10.5 Å². The summed E-state index contributed by atoms with van der Waals surface area (Å²) in [6.07, 6.45) is 3.11. The molecule has 1 amide bonds. The van der Waals surface area contributed by atoms with Gasteiger partial charge in [-0.05, 0) is 0 Å². The second-order valence-corrected chi connectivity index (χ2v) is 2.28. The number of nitrogen functional groups attached to an aromatic ring is 1. The first-order valence-electron chi connectivity index (χ1n) is 3.38. The molecule has 0 fully saturated rings. The van der Waals surface area contributed by atoms with E-state index < -0.39 is 5.91 Å². The largest absolute Gasteiger partial charge is 0.383 e. The standard InChI is InChI=1S/C7H10N4O/c1-2-3-11-4-10-5(6(11)8)7(9)12/h2,4H,1,3,8H2,(H2,9,12). The van der Waals surface area contributed by atoms with E-state index in [0.717, 1.165) is 0 Å². The van der Waals surface area contributed by atoms with E-state index in [9.17, 15) is 4.79 Å². The van der Waals surface area contributed by atoms with Gasteiger partial charge in [0.05, 0.1) is 6.33 Å². The van der Waals surface area contributed by atoms with Crippen LogP contribution in [-0.4, -0.2) is 15.5 Å². The third kappa shape index (κ3) is 1.29. The van der Waals surface area contributed by atoms with Crippen molar-refractivity contribution in [2.75, 3.05) is 5.73 Å². The number of allylic oxidation sites excluding steroid dienone is 1. The first kappa shape index (κ1) is 8.32. The summed E-state index contributed by atoms with van der Waals surface area (Å²) in [6.45, 7) is 4.05. The molecule has 5 nitrogen and oxygen atoms in total.